The molecule has 0 saturated heterocycles. The summed E-state index contributed by atoms with van der Waals surface area (Å²) in [5.41, 5.74) is 0. The van der Waals surface area contributed by atoms with Crippen LogP contribution in [0.1, 0.15) is 44.9 Å². The molecule has 1 N–H and O–H groups in total. The highest BCUT2D eigenvalue weighted by Gasteiger charge is 2.26. The fourth-order valence-corrected chi connectivity index (χ4v) is 2.50. The fourth-order valence-electron chi connectivity index (χ4n) is 2.50. The summed E-state index contributed by atoms with van der Waals surface area (Å²) in [4.78, 5) is 0. The van der Waals surface area contributed by atoms with Crippen LogP contribution in [-0.4, -0.2) is 18.3 Å². The maximum Gasteiger partial charge on any atom is 0.102 e. The lowest BCUT2D eigenvalue weighted by Crippen LogP contribution is -2.34. The second kappa shape index (κ2) is 3.73. The zero-order valence-corrected chi connectivity index (χ0v) is 7.56. The summed E-state index contributed by atoms with van der Waals surface area (Å²) < 4.78 is 12.8. The van der Waals surface area contributed by atoms with Gasteiger partial charge in [0.05, 0.1) is 0 Å². The Morgan fingerprint density at radius 3 is 2.25 bits per heavy atom. The number of halogens is 1. The van der Waals surface area contributed by atoms with Gasteiger partial charge in [-0.15, -0.1) is 0 Å². The van der Waals surface area contributed by atoms with Gasteiger partial charge in [-0.1, -0.05) is 12.8 Å². The van der Waals surface area contributed by atoms with Crippen LogP contribution in [0.15, 0.2) is 0 Å². The van der Waals surface area contributed by atoms with E-state index < -0.39 is 6.17 Å². The lowest BCUT2D eigenvalue weighted by Gasteiger charge is -2.17. The van der Waals surface area contributed by atoms with Crippen LogP contribution in [-0.2, 0) is 0 Å². The monoisotopic (exact) mass is 171 g/mol. The van der Waals surface area contributed by atoms with Crippen LogP contribution in [0.2, 0.25) is 0 Å². The van der Waals surface area contributed by atoms with Gasteiger partial charge >= 0.3 is 0 Å². The van der Waals surface area contributed by atoms with Crippen LogP contribution < -0.4 is 5.32 Å². The van der Waals surface area contributed by atoms with E-state index >= 15 is 0 Å². The summed E-state index contributed by atoms with van der Waals surface area (Å²) in [6.07, 6.45) is 7.43. The number of rotatable bonds is 2. The normalized spacial score (nSPS) is 37.8. The highest BCUT2D eigenvalue weighted by Crippen LogP contribution is 2.25. The Balaban J connectivity index is 1.72. The van der Waals surface area contributed by atoms with Gasteiger partial charge in [0.25, 0.3) is 0 Å². The van der Waals surface area contributed by atoms with Crippen molar-refractivity contribution in [2.24, 2.45) is 0 Å². The number of hydrogen-bond donors (Lipinski definition) is 1. The topological polar surface area (TPSA) is 12.0 Å². The third-order valence-electron chi connectivity index (χ3n) is 3.20. The summed E-state index contributed by atoms with van der Waals surface area (Å²) in [7, 11) is 0. The first-order chi connectivity index (χ1) is 5.84. The molecule has 0 heterocycles. The SMILES string of the molecule is F[C@@H]1CC[C@H](NC2CCCC2)C1. The van der Waals surface area contributed by atoms with Crippen molar-refractivity contribution in [2.45, 2.75) is 63.2 Å². The molecular formula is C10H18FN. The molecule has 2 saturated carbocycles. The average Bonchev–Trinajstić information content (AvgIpc) is 2.63. The molecule has 0 aliphatic heterocycles. The molecule has 12 heavy (non-hydrogen) atoms. The fraction of sp³-hybridized carbons (Fsp3) is 1.00. The molecule has 0 aromatic heterocycles. The van der Waals surface area contributed by atoms with Gasteiger partial charge in [0.1, 0.15) is 6.17 Å². The Morgan fingerprint density at radius 2 is 1.67 bits per heavy atom. The van der Waals surface area contributed by atoms with E-state index in [9.17, 15) is 4.39 Å². The molecule has 0 amide bonds. The molecule has 0 aromatic carbocycles. The first-order valence-electron chi connectivity index (χ1n) is 5.25. The maximum absolute atomic E-state index is 12.8. The van der Waals surface area contributed by atoms with E-state index in [-0.39, 0.29) is 0 Å². The number of alkyl halides is 1. The average molecular weight is 171 g/mol. The molecule has 0 radical (unpaired) electrons. The van der Waals surface area contributed by atoms with Crippen LogP contribution in [0, 0.1) is 0 Å². The molecule has 0 aromatic rings. The van der Waals surface area contributed by atoms with Crippen LogP contribution in [0.3, 0.4) is 0 Å². The van der Waals surface area contributed by atoms with Crippen molar-refractivity contribution in [3.63, 3.8) is 0 Å². The summed E-state index contributed by atoms with van der Waals surface area (Å²) in [5, 5.41) is 3.57. The molecule has 0 spiro atoms. The zero-order valence-electron chi connectivity index (χ0n) is 7.56. The van der Waals surface area contributed by atoms with Crippen molar-refractivity contribution < 1.29 is 4.39 Å². The summed E-state index contributed by atoms with van der Waals surface area (Å²) in [6.45, 7) is 0. The Labute approximate surface area is 73.7 Å². The summed E-state index contributed by atoms with van der Waals surface area (Å²) in [6, 6.07) is 1.20. The third-order valence-corrected chi connectivity index (χ3v) is 3.20. The molecule has 2 heteroatoms. The van der Waals surface area contributed by atoms with Gasteiger partial charge in [0, 0.05) is 12.1 Å². The Morgan fingerprint density at radius 1 is 0.917 bits per heavy atom. The minimum absolute atomic E-state index is 0.489. The van der Waals surface area contributed by atoms with E-state index in [4.69, 9.17) is 0 Å². The van der Waals surface area contributed by atoms with Gasteiger partial charge in [-0.25, -0.2) is 4.39 Å². The quantitative estimate of drug-likeness (QED) is 0.672. The Hall–Kier alpha value is -0.110. The van der Waals surface area contributed by atoms with Crippen LogP contribution in [0.5, 0.6) is 0 Å². The minimum atomic E-state index is -0.524. The van der Waals surface area contributed by atoms with Gasteiger partial charge in [0.2, 0.25) is 0 Å². The number of nitrogens with one attached hydrogen (secondary N) is 1. The van der Waals surface area contributed by atoms with Gasteiger partial charge in [-0.2, -0.15) is 0 Å². The van der Waals surface area contributed by atoms with Gasteiger partial charge in [-0.05, 0) is 32.1 Å². The van der Waals surface area contributed by atoms with Crippen LogP contribution in [0.25, 0.3) is 0 Å². The predicted molar refractivity (Wildman–Crippen MR) is 47.9 cm³/mol. The highest BCUT2D eigenvalue weighted by molar-refractivity contribution is 4.85. The second-order valence-electron chi connectivity index (χ2n) is 4.26. The van der Waals surface area contributed by atoms with Crippen molar-refractivity contribution in [2.75, 3.05) is 0 Å². The van der Waals surface area contributed by atoms with E-state index in [1.807, 2.05) is 0 Å². The zero-order chi connectivity index (χ0) is 8.39. The molecule has 70 valence electrons. The van der Waals surface area contributed by atoms with Crippen molar-refractivity contribution in [3.05, 3.63) is 0 Å². The molecule has 0 bridgehead atoms. The molecule has 2 atom stereocenters. The first kappa shape index (κ1) is 8.49. The number of hydrogen-bond acceptors (Lipinski definition) is 1. The van der Waals surface area contributed by atoms with Gasteiger partial charge < -0.3 is 5.32 Å². The van der Waals surface area contributed by atoms with Crippen LogP contribution >= 0.6 is 0 Å². The summed E-state index contributed by atoms with van der Waals surface area (Å²) in [5.74, 6) is 0. The van der Waals surface area contributed by atoms with E-state index in [0.29, 0.717) is 12.1 Å². The second-order valence-corrected chi connectivity index (χ2v) is 4.26. The molecule has 2 fully saturated rings. The smallest absolute Gasteiger partial charge is 0.102 e. The third kappa shape index (κ3) is 1.98. The largest absolute Gasteiger partial charge is 0.311 e. The van der Waals surface area contributed by atoms with Crippen molar-refractivity contribution in [1.82, 2.24) is 5.32 Å². The Kier molecular flexibility index (Phi) is 2.64. The molecule has 1 nitrogen and oxygen atoms in total. The minimum Gasteiger partial charge on any atom is -0.311 e. The molecular weight excluding hydrogens is 153 g/mol. The molecule has 0 unspecified atom stereocenters. The first-order valence-corrected chi connectivity index (χ1v) is 5.25. The lowest BCUT2D eigenvalue weighted by molar-refractivity contribution is 0.328. The highest BCUT2D eigenvalue weighted by atomic mass is 19.1. The van der Waals surface area contributed by atoms with Gasteiger partial charge in [-0.3, -0.25) is 0 Å². The van der Waals surface area contributed by atoms with E-state index in [2.05, 4.69) is 5.32 Å². The lowest BCUT2D eigenvalue weighted by atomic mass is 10.2. The predicted octanol–water partition coefficient (Wildman–Crippen LogP) is 2.41. The van der Waals surface area contributed by atoms with E-state index in [1.165, 1.54) is 25.7 Å². The van der Waals surface area contributed by atoms with Crippen molar-refractivity contribution in [3.8, 4) is 0 Å². The van der Waals surface area contributed by atoms with Gasteiger partial charge in [0.15, 0.2) is 0 Å². The summed E-state index contributed by atoms with van der Waals surface area (Å²) >= 11 is 0. The molecule has 2 aliphatic rings. The van der Waals surface area contributed by atoms with E-state index in [0.717, 1.165) is 19.3 Å². The van der Waals surface area contributed by atoms with E-state index in [1.54, 1.807) is 0 Å². The Bertz CT molecular complexity index is 143. The standard InChI is InChI=1S/C10H18FN/c11-8-5-6-10(7-8)12-9-3-1-2-4-9/h8-10,12H,1-7H2/t8-,10+/m1/s1. The van der Waals surface area contributed by atoms with Crippen molar-refractivity contribution >= 4 is 0 Å². The van der Waals surface area contributed by atoms with Crippen molar-refractivity contribution in [1.29, 1.82) is 0 Å². The maximum atomic E-state index is 12.8. The van der Waals surface area contributed by atoms with Crippen LogP contribution in [0.4, 0.5) is 4.39 Å². The molecule has 2 aliphatic carbocycles. The molecule has 2 rings (SSSR count).